The molecule has 1 aromatic heterocycles. The monoisotopic (exact) mass is 593 g/mol. The van der Waals surface area contributed by atoms with Gasteiger partial charge >= 0.3 is 5.69 Å². The van der Waals surface area contributed by atoms with Crippen molar-refractivity contribution in [2.45, 2.75) is 13.5 Å². The van der Waals surface area contributed by atoms with E-state index in [9.17, 15) is 19.2 Å². The first kappa shape index (κ1) is 30.2. The number of aromatic nitrogens is 2. The standard InChI is InChI=1S/C30H29ClFN5O5/c1-16-18(7-6-10-24(16)35-28(39)22-15-36(2)30(41)37(3)29(22)40)20-9-5-8-19(27(20)31)17-11-23(32)21(25(12-17)42-4)13-34-14-26(33)38/h5-12,15,34H,13-14H2,1-4H3,(H2,33,38)(H,35,39). The fraction of sp³-hybridized carbons (Fsp3) is 0.200. The van der Waals surface area contributed by atoms with Crippen LogP contribution in [0.3, 0.4) is 0 Å². The van der Waals surface area contributed by atoms with E-state index >= 15 is 4.39 Å². The molecule has 4 rings (SSSR count). The lowest BCUT2D eigenvalue weighted by atomic mass is 9.94. The summed E-state index contributed by atoms with van der Waals surface area (Å²) in [6.07, 6.45) is 1.20. The SMILES string of the molecule is COc1cc(-c2cccc(-c3cccc(NC(=O)c4cn(C)c(=O)n(C)c4=O)c3C)c2Cl)cc(F)c1CNCC(N)=O. The van der Waals surface area contributed by atoms with E-state index in [0.29, 0.717) is 38.5 Å². The van der Waals surface area contributed by atoms with Crippen LogP contribution in [0.2, 0.25) is 5.02 Å². The number of nitrogens with zero attached hydrogens (tertiary/aromatic N) is 2. The highest BCUT2D eigenvalue weighted by Gasteiger charge is 2.19. The van der Waals surface area contributed by atoms with Crippen LogP contribution in [0.4, 0.5) is 10.1 Å². The third kappa shape index (κ3) is 5.97. The average Bonchev–Trinajstić information content (AvgIpc) is 2.95. The molecular formula is C30H29ClFN5O5. The van der Waals surface area contributed by atoms with E-state index in [1.807, 2.05) is 6.07 Å². The largest absolute Gasteiger partial charge is 0.496 e. The highest BCUT2D eigenvalue weighted by Crippen LogP contribution is 2.40. The summed E-state index contributed by atoms with van der Waals surface area (Å²) >= 11 is 6.89. The van der Waals surface area contributed by atoms with Crippen molar-refractivity contribution in [3.05, 3.63) is 103 Å². The zero-order chi connectivity index (χ0) is 30.7. The third-order valence-corrected chi connectivity index (χ3v) is 7.26. The van der Waals surface area contributed by atoms with Gasteiger partial charge in [0.2, 0.25) is 5.91 Å². The molecule has 1 heterocycles. The smallest absolute Gasteiger partial charge is 0.330 e. The normalized spacial score (nSPS) is 10.9. The first-order valence-corrected chi connectivity index (χ1v) is 13.1. The van der Waals surface area contributed by atoms with Gasteiger partial charge in [-0.05, 0) is 41.8 Å². The number of carbonyl (C=O) groups excluding carboxylic acids is 2. The Morgan fingerprint density at radius 3 is 2.40 bits per heavy atom. The molecule has 4 aromatic rings. The predicted molar refractivity (Wildman–Crippen MR) is 159 cm³/mol. The molecule has 0 fully saturated rings. The Kier molecular flexibility index (Phi) is 8.93. The third-order valence-electron chi connectivity index (χ3n) is 6.85. The predicted octanol–water partition coefficient (Wildman–Crippen LogP) is 3.35. The number of amides is 2. The van der Waals surface area contributed by atoms with Gasteiger partial charge < -0.3 is 25.7 Å². The van der Waals surface area contributed by atoms with Crippen molar-refractivity contribution in [3.8, 4) is 28.0 Å². The van der Waals surface area contributed by atoms with E-state index in [1.54, 1.807) is 43.3 Å². The summed E-state index contributed by atoms with van der Waals surface area (Å²) in [5.74, 6) is -1.51. The molecule has 4 N–H and O–H groups in total. The lowest BCUT2D eigenvalue weighted by Gasteiger charge is -2.17. The summed E-state index contributed by atoms with van der Waals surface area (Å²) < 4.78 is 22.6. The van der Waals surface area contributed by atoms with Crippen molar-refractivity contribution >= 4 is 29.1 Å². The zero-order valence-corrected chi connectivity index (χ0v) is 24.1. The molecule has 10 nitrogen and oxygen atoms in total. The molecule has 0 aliphatic rings. The van der Waals surface area contributed by atoms with Gasteiger partial charge in [0.05, 0.1) is 18.7 Å². The van der Waals surface area contributed by atoms with Crippen molar-refractivity contribution in [2.24, 2.45) is 19.8 Å². The minimum Gasteiger partial charge on any atom is -0.496 e. The maximum atomic E-state index is 15.2. The number of aryl methyl sites for hydroxylation is 1. The van der Waals surface area contributed by atoms with E-state index in [1.165, 1.54) is 33.5 Å². The van der Waals surface area contributed by atoms with Gasteiger partial charge in [0.1, 0.15) is 17.1 Å². The van der Waals surface area contributed by atoms with Gasteiger partial charge in [-0.15, -0.1) is 0 Å². The van der Waals surface area contributed by atoms with Gasteiger partial charge in [0.25, 0.3) is 11.5 Å². The van der Waals surface area contributed by atoms with Crippen LogP contribution in [0, 0.1) is 12.7 Å². The molecule has 0 aliphatic carbocycles. The van der Waals surface area contributed by atoms with Crippen LogP contribution in [0.1, 0.15) is 21.5 Å². The molecule has 0 saturated heterocycles. The second kappa shape index (κ2) is 12.4. The Bertz CT molecular complexity index is 1830. The van der Waals surface area contributed by atoms with Crippen LogP contribution < -0.4 is 32.4 Å². The van der Waals surface area contributed by atoms with Crippen LogP contribution in [0.15, 0.2) is 64.3 Å². The lowest BCUT2D eigenvalue weighted by Crippen LogP contribution is -2.40. The van der Waals surface area contributed by atoms with Crippen LogP contribution in [-0.2, 0) is 25.4 Å². The number of ether oxygens (including phenoxy) is 1. The number of nitrogens with two attached hydrogens (primary N) is 1. The first-order valence-electron chi connectivity index (χ1n) is 12.8. The number of methoxy groups -OCH3 is 1. The molecule has 0 aliphatic heterocycles. The number of rotatable bonds is 9. The molecule has 3 aromatic carbocycles. The molecule has 0 radical (unpaired) electrons. The summed E-state index contributed by atoms with van der Waals surface area (Å²) in [5.41, 5.74) is 7.41. The second-order valence-electron chi connectivity index (χ2n) is 9.61. The molecule has 0 bridgehead atoms. The van der Waals surface area contributed by atoms with E-state index in [2.05, 4.69) is 10.6 Å². The van der Waals surface area contributed by atoms with E-state index < -0.39 is 28.9 Å². The maximum absolute atomic E-state index is 15.2. The molecule has 0 atom stereocenters. The maximum Gasteiger partial charge on any atom is 0.330 e. The Morgan fingerprint density at radius 2 is 1.71 bits per heavy atom. The van der Waals surface area contributed by atoms with E-state index in [4.69, 9.17) is 22.1 Å². The minimum absolute atomic E-state index is 0.0368. The molecule has 42 heavy (non-hydrogen) atoms. The molecule has 12 heteroatoms. The minimum atomic E-state index is -0.711. The topological polar surface area (TPSA) is 137 Å². The number of hydrogen-bond donors (Lipinski definition) is 3. The van der Waals surface area contributed by atoms with Crippen molar-refractivity contribution in [1.82, 2.24) is 14.5 Å². The summed E-state index contributed by atoms with van der Waals surface area (Å²) in [7, 11) is 4.18. The number of primary amides is 1. The van der Waals surface area contributed by atoms with Gasteiger partial charge in [-0.2, -0.15) is 0 Å². The van der Waals surface area contributed by atoms with Crippen LogP contribution in [0.25, 0.3) is 22.3 Å². The van der Waals surface area contributed by atoms with Crippen LogP contribution in [0.5, 0.6) is 5.75 Å². The summed E-state index contributed by atoms with van der Waals surface area (Å²) in [6, 6.07) is 13.6. The second-order valence-corrected chi connectivity index (χ2v) is 9.99. The van der Waals surface area contributed by atoms with E-state index in [0.717, 1.165) is 9.13 Å². The highest BCUT2D eigenvalue weighted by molar-refractivity contribution is 6.36. The number of nitrogens with one attached hydrogen (secondary N) is 2. The average molecular weight is 594 g/mol. The quantitative estimate of drug-likeness (QED) is 0.272. The molecule has 0 spiro atoms. The summed E-state index contributed by atoms with van der Waals surface area (Å²) in [6.45, 7) is 1.72. The van der Waals surface area contributed by atoms with Gasteiger partial charge in [-0.25, -0.2) is 9.18 Å². The Labute approximate surface area is 245 Å². The Hall–Kier alpha value is -4.74. The van der Waals surface area contributed by atoms with Crippen LogP contribution >= 0.6 is 11.6 Å². The number of carbonyl (C=O) groups is 2. The van der Waals surface area contributed by atoms with Crippen molar-refractivity contribution in [1.29, 1.82) is 0 Å². The molecule has 2 amide bonds. The number of halogens is 2. The molecular weight excluding hydrogens is 565 g/mol. The summed E-state index contributed by atoms with van der Waals surface area (Å²) in [5, 5.41) is 5.88. The number of benzene rings is 3. The lowest BCUT2D eigenvalue weighted by molar-refractivity contribution is -0.117. The molecule has 0 saturated carbocycles. The van der Waals surface area contributed by atoms with Gasteiger partial charge in [-0.3, -0.25) is 19.0 Å². The zero-order valence-electron chi connectivity index (χ0n) is 23.4. The Balaban J connectivity index is 1.70. The van der Waals surface area contributed by atoms with Gasteiger partial charge in [0.15, 0.2) is 0 Å². The molecule has 0 unspecified atom stereocenters. The van der Waals surface area contributed by atoms with Crippen molar-refractivity contribution in [2.75, 3.05) is 19.0 Å². The number of hydrogen-bond acceptors (Lipinski definition) is 6. The Morgan fingerprint density at radius 1 is 1.05 bits per heavy atom. The summed E-state index contributed by atoms with van der Waals surface area (Å²) in [4.78, 5) is 48.6. The van der Waals surface area contributed by atoms with E-state index in [-0.39, 0.29) is 30.0 Å². The van der Waals surface area contributed by atoms with Gasteiger partial charge in [-0.1, -0.05) is 41.9 Å². The molecule has 218 valence electrons. The highest BCUT2D eigenvalue weighted by atomic mass is 35.5. The fourth-order valence-electron chi connectivity index (χ4n) is 4.61. The fourth-order valence-corrected chi connectivity index (χ4v) is 4.95. The van der Waals surface area contributed by atoms with Crippen molar-refractivity contribution < 1.29 is 18.7 Å². The first-order chi connectivity index (χ1) is 19.9. The van der Waals surface area contributed by atoms with Crippen molar-refractivity contribution in [3.63, 3.8) is 0 Å². The van der Waals surface area contributed by atoms with Gasteiger partial charge in [0, 0.05) is 49.2 Å². The number of anilines is 1. The van der Waals surface area contributed by atoms with Crippen LogP contribution in [-0.4, -0.2) is 34.6 Å².